The second-order valence-electron chi connectivity index (χ2n) is 2.42. The van der Waals surface area contributed by atoms with Crippen LogP contribution in [0.4, 0.5) is 0 Å². The molecule has 53 valence electrons. The van der Waals surface area contributed by atoms with Crippen molar-refractivity contribution in [2.45, 2.75) is 25.7 Å². The first-order valence-electron chi connectivity index (χ1n) is 3.58. The Morgan fingerprint density at radius 3 is 2.78 bits per heavy atom. The van der Waals surface area contributed by atoms with Gasteiger partial charge in [-0.05, 0) is 12.8 Å². The van der Waals surface area contributed by atoms with Crippen molar-refractivity contribution in [2.75, 3.05) is 13.1 Å². The summed E-state index contributed by atoms with van der Waals surface area (Å²) in [5.74, 6) is 0. The van der Waals surface area contributed by atoms with Crippen LogP contribution in [0, 0.1) is 0 Å². The van der Waals surface area contributed by atoms with Crippen LogP contribution in [0.25, 0.3) is 0 Å². The van der Waals surface area contributed by atoms with Gasteiger partial charge in [0.25, 0.3) is 0 Å². The molecule has 1 aliphatic rings. The highest BCUT2D eigenvalue weighted by atomic mass is 32.1. The van der Waals surface area contributed by atoms with Gasteiger partial charge in [-0.25, -0.2) is 5.43 Å². The van der Waals surface area contributed by atoms with Crippen LogP contribution in [-0.4, -0.2) is 17.5 Å². The molecule has 1 aliphatic heterocycles. The molecule has 0 unspecified atom stereocenters. The summed E-state index contributed by atoms with van der Waals surface area (Å²) < 4.78 is 1.78. The third-order valence-corrected chi connectivity index (χ3v) is 1.89. The van der Waals surface area contributed by atoms with E-state index in [4.69, 9.17) is 12.8 Å². The second-order valence-corrected chi connectivity index (χ2v) is 2.87. The highest BCUT2D eigenvalue weighted by Gasteiger charge is 2.01. The number of hydrogen-bond donors (Lipinski definition) is 1. The molecule has 1 heterocycles. The number of hydrogen-bond acceptors (Lipinski definition) is 2. The van der Waals surface area contributed by atoms with Gasteiger partial charge in [0.05, 0.1) is 0 Å². The maximum atomic E-state index is 4.96. The van der Waals surface area contributed by atoms with Crippen LogP contribution in [0.5, 0.6) is 0 Å². The van der Waals surface area contributed by atoms with Gasteiger partial charge in [-0.3, -0.25) is 0 Å². The molecular weight excluding hydrogens is 132 g/mol. The van der Waals surface area contributed by atoms with Crippen LogP contribution in [0.3, 0.4) is 0 Å². The lowest BCUT2D eigenvalue weighted by Gasteiger charge is -2.17. The molecule has 1 fully saturated rings. The van der Waals surface area contributed by atoms with Crippen molar-refractivity contribution in [1.29, 1.82) is 0 Å². The van der Waals surface area contributed by atoms with Gasteiger partial charge in [0.1, 0.15) is 0 Å². The van der Waals surface area contributed by atoms with E-state index in [9.17, 15) is 0 Å². The minimum absolute atomic E-state index is 1.02. The van der Waals surface area contributed by atoms with Crippen LogP contribution in [0.2, 0.25) is 0 Å². The summed E-state index contributed by atoms with van der Waals surface area (Å²) >= 11 is 4.96. The van der Waals surface area contributed by atoms with Gasteiger partial charge in [0.15, 0.2) is 0 Å². The van der Waals surface area contributed by atoms with E-state index in [0.29, 0.717) is 0 Å². The largest absolute Gasteiger partial charge is 0.245 e. The van der Waals surface area contributed by atoms with Gasteiger partial charge >= 0.3 is 0 Å². The van der Waals surface area contributed by atoms with E-state index in [2.05, 4.69) is 5.43 Å². The summed E-state index contributed by atoms with van der Waals surface area (Å²) in [6.07, 6.45) is 5.22. The predicted octanol–water partition coefficient (Wildman–Crippen LogP) is 1.48. The monoisotopic (exact) mass is 145 g/mol. The van der Waals surface area contributed by atoms with E-state index in [0.717, 1.165) is 13.1 Å². The molecule has 1 N–H and O–H groups in total. The Labute approximate surface area is 62.1 Å². The Bertz CT molecular complexity index is 69.5. The molecular formula is C6H13N2S. The average Bonchev–Trinajstić information content (AvgIpc) is 1.79. The predicted molar refractivity (Wildman–Crippen MR) is 40.8 cm³/mol. The highest BCUT2D eigenvalue weighted by Crippen LogP contribution is 2.04. The lowest BCUT2D eigenvalue weighted by molar-refractivity contribution is 0.319. The lowest BCUT2D eigenvalue weighted by Crippen LogP contribution is -2.32. The molecule has 1 radical (unpaired) electrons. The van der Waals surface area contributed by atoms with Gasteiger partial charge < -0.3 is 0 Å². The average molecular weight is 145 g/mol. The summed E-state index contributed by atoms with van der Waals surface area (Å²) in [5, 5.41) is 0. The molecule has 0 amide bonds. The Morgan fingerprint density at radius 2 is 1.89 bits per heavy atom. The summed E-state index contributed by atoms with van der Waals surface area (Å²) in [7, 11) is 0. The molecule has 0 aromatic heterocycles. The van der Waals surface area contributed by atoms with Crippen molar-refractivity contribution in [2.24, 2.45) is 0 Å². The summed E-state index contributed by atoms with van der Waals surface area (Å²) in [5.41, 5.74) is 3.13. The standard InChI is InChI=1S/C6H13N2S/c9-8-6-4-2-1-3-5-7-8/h7H,1-6H2. The molecule has 0 aromatic carbocycles. The minimum atomic E-state index is 1.02. The van der Waals surface area contributed by atoms with Crippen molar-refractivity contribution in [3.8, 4) is 0 Å². The number of nitrogens with zero attached hydrogens (tertiary/aromatic N) is 1. The maximum Gasteiger partial charge on any atom is 0.0254 e. The molecule has 0 aliphatic carbocycles. The van der Waals surface area contributed by atoms with E-state index in [-0.39, 0.29) is 0 Å². The second kappa shape index (κ2) is 4.14. The molecule has 0 bridgehead atoms. The molecule has 9 heavy (non-hydrogen) atoms. The molecule has 1 saturated heterocycles. The van der Waals surface area contributed by atoms with Crippen molar-refractivity contribution in [3.63, 3.8) is 0 Å². The van der Waals surface area contributed by atoms with Crippen molar-refractivity contribution < 1.29 is 0 Å². The fourth-order valence-corrected chi connectivity index (χ4v) is 1.24. The molecule has 1 rings (SSSR count). The Balaban J connectivity index is 2.12. The zero-order chi connectivity index (χ0) is 6.53. The van der Waals surface area contributed by atoms with Gasteiger partial charge in [0, 0.05) is 25.9 Å². The topological polar surface area (TPSA) is 15.3 Å². The normalized spacial score (nSPS) is 25.0. The SMILES string of the molecule is [S]N1CCCCCCN1. The molecule has 0 saturated carbocycles. The Hall–Kier alpha value is 0.270. The van der Waals surface area contributed by atoms with E-state index in [1.54, 1.807) is 4.41 Å². The summed E-state index contributed by atoms with van der Waals surface area (Å²) in [4.78, 5) is 0. The van der Waals surface area contributed by atoms with Crippen molar-refractivity contribution >= 4 is 12.8 Å². The first-order chi connectivity index (χ1) is 4.39. The Morgan fingerprint density at radius 1 is 1.11 bits per heavy atom. The third kappa shape index (κ3) is 3.08. The molecule has 3 heteroatoms. The quantitative estimate of drug-likeness (QED) is 0.555. The van der Waals surface area contributed by atoms with Gasteiger partial charge in [0.2, 0.25) is 0 Å². The van der Waals surface area contributed by atoms with Crippen molar-refractivity contribution in [1.82, 2.24) is 9.84 Å². The zero-order valence-electron chi connectivity index (χ0n) is 5.60. The number of nitrogens with one attached hydrogen (secondary N) is 1. The summed E-state index contributed by atoms with van der Waals surface area (Å²) in [6, 6.07) is 0. The van der Waals surface area contributed by atoms with Gasteiger partial charge in [-0.15, -0.1) is 0 Å². The van der Waals surface area contributed by atoms with Crippen LogP contribution >= 0.6 is 12.8 Å². The zero-order valence-corrected chi connectivity index (χ0v) is 6.41. The number of hydrazine groups is 1. The molecule has 2 nitrogen and oxygen atoms in total. The Kier molecular flexibility index (Phi) is 3.40. The summed E-state index contributed by atoms with van der Waals surface area (Å²) in [6.45, 7) is 2.08. The smallest absolute Gasteiger partial charge is 0.0254 e. The molecule has 0 aromatic rings. The van der Waals surface area contributed by atoms with E-state index < -0.39 is 0 Å². The van der Waals surface area contributed by atoms with E-state index in [1.165, 1.54) is 25.7 Å². The number of rotatable bonds is 0. The van der Waals surface area contributed by atoms with Crippen LogP contribution in [0.15, 0.2) is 0 Å². The van der Waals surface area contributed by atoms with E-state index in [1.807, 2.05) is 0 Å². The highest BCUT2D eigenvalue weighted by molar-refractivity contribution is 7.77. The van der Waals surface area contributed by atoms with Gasteiger partial charge in [-0.1, -0.05) is 12.8 Å². The molecule has 0 atom stereocenters. The van der Waals surface area contributed by atoms with Crippen LogP contribution in [0.1, 0.15) is 25.7 Å². The van der Waals surface area contributed by atoms with Crippen LogP contribution < -0.4 is 5.43 Å². The van der Waals surface area contributed by atoms with E-state index >= 15 is 0 Å². The van der Waals surface area contributed by atoms with Crippen LogP contribution in [-0.2, 0) is 0 Å². The first-order valence-corrected chi connectivity index (χ1v) is 3.94. The first kappa shape index (κ1) is 7.38. The molecule has 0 spiro atoms. The third-order valence-electron chi connectivity index (χ3n) is 1.58. The fraction of sp³-hybridized carbons (Fsp3) is 1.00. The van der Waals surface area contributed by atoms with Crippen molar-refractivity contribution in [3.05, 3.63) is 0 Å². The minimum Gasteiger partial charge on any atom is -0.245 e. The van der Waals surface area contributed by atoms with Gasteiger partial charge in [-0.2, -0.15) is 4.41 Å². The maximum absolute atomic E-state index is 4.96. The lowest BCUT2D eigenvalue weighted by atomic mass is 10.2. The fourth-order valence-electron chi connectivity index (χ4n) is 1.02.